The van der Waals surface area contributed by atoms with E-state index in [0.29, 0.717) is 11.3 Å². The highest BCUT2D eigenvalue weighted by Crippen LogP contribution is 2.82. The number of hydrogen-bond donors (Lipinski definition) is 2. The van der Waals surface area contributed by atoms with Gasteiger partial charge in [-0.25, -0.2) is 0 Å². The maximum atomic E-state index is 13.3. The topological polar surface area (TPSA) is 78.8 Å². The Bertz CT molecular complexity index is 6590. The fourth-order valence-electron chi connectivity index (χ4n) is 24.0. The second-order valence-corrected chi connectivity index (χ2v) is 34.7. The summed E-state index contributed by atoms with van der Waals surface area (Å²) in [5.74, 6) is 4.99. The van der Waals surface area contributed by atoms with Gasteiger partial charge in [-0.1, -0.05) is 274 Å². The molecule has 7 heteroatoms. The third kappa shape index (κ3) is 9.73. The molecule has 0 saturated heterocycles. The van der Waals surface area contributed by atoms with Crippen molar-refractivity contribution < 1.29 is 14.2 Å². The van der Waals surface area contributed by atoms with E-state index >= 15 is 0 Å². The molecular weight excluding hydrogens is 1460 g/mol. The van der Waals surface area contributed by atoms with Crippen molar-refractivity contribution >= 4 is 34.1 Å². The number of anilines is 6. The van der Waals surface area contributed by atoms with Crippen molar-refractivity contribution in [2.75, 3.05) is 15.5 Å². The van der Waals surface area contributed by atoms with Gasteiger partial charge >= 0.3 is 0 Å². The predicted octanol–water partition coefficient (Wildman–Crippen LogP) is 28.5. The summed E-state index contributed by atoms with van der Waals surface area (Å²) in [5.41, 5.74) is 28.2. The van der Waals surface area contributed by atoms with Crippen molar-refractivity contribution in [3.63, 3.8) is 0 Å². The first kappa shape index (κ1) is 70.3. The van der Waals surface area contributed by atoms with Crippen LogP contribution in [-0.4, -0.2) is 0 Å². The molecule has 576 valence electrons. The molecule has 4 aliphatic heterocycles. The summed E-state index contributed by atoms with van der Waals surface area (Å²) in [6, 6.07) is 110. The minimum absolute atomic E-state index is 0.0102. The fourth-order valence-corrected chi connectivity index (χ4v) is 24.0. The van der Waals surface area contributed by atoms with Crippen molar-refractivity contribution in [1.82, 2.24) is 0 Å². The molecule has 2 fully saturated rings. The summed E-state index contributed by atoms with van der Waals surface area (Å²) >= 11 is 0. The number of benzene rings is 13. The fraction of sp³-hybridized carbons (Fsp3) is 0.159. The normalized spacial score (nSPS) is 21.0. The number of nitrogens with zero attached hydrogens (tertiary/aromatic N) is 2. The minimum atomic E-state index is -0.977. The van der Waals surface area contributed by atoms with Gasteiger partial charge in [-0.05, 0) is 231 Å². The zero-order valence-corrected chi connectivity index (χ0v) is 66.9. The van der Waals surface area contributed by atoms with Crippen LogP contribution in [0.25, 0.3) is 33.4 Å². The third-order valence-corrected chi connectivity index (χ3v) is 29.2. The molecule has 11 aliphatic rings. The molecule has 0 radical (unpaired) electrons. The first-order chi connectivity index (χ1) is 59.2. The lowest BCUT2D eigenvalue weighted by atomic mass is 9.52. The summed E-state index contributed by atoms with van der Waals surface area (Å²) in [6.45, 7) is 11.8. The molecule has 2 spiro atoms. The standard InChI is InChI=1S/C113H86N4O3/c1-4-69(3)80-66-93(111(79(5-2)61-70-31-10-6-11-32-70)83-39-18-24-46-97(83)118-98-47-25-19-40-84(98)111)106(80)116-107-81(68-114)104-77-52-53-78(62-77)105(104)109(108(107)115-94-57-54-74(71-33-12-7-13-34-71)63-90(94)113(103-67-89-82-45-30-60-110(82,89)103)87-43-22-28-50-101(87)120-102-51-29-23-44-88(102)113)117-95-58-55-75(72-35-14-8-15-36-72)64-91(95)112(92-65-76(56-59-96(92)117)73-37-16-9-17-38-73)85-41-20-26-48-99(85)119-100-49-27-21-42-86(100)112/h4-29,31,33-51,54-59,63-67,69-70,77-79,103,115-116H,1-2,30,32,52-53,60-62H2,3H3/t69-,70+,77?,78?,79?,103?,110-/m0/s1. The SMILES string of the molecule is C=CC(C[C@@H]1C=CC=CC1)C1(C2=C(Nc3c(C#N)c4c(c(N5c6ccc(-c7ccccc7)cc6C6(c7ccccc7Oc7ccccc76)c6cc(-c7ccccc7)ccc65)c3Nc3ccc(-c5ccccc5)cc3C3(C5C=C6C7=CCC[C@]765)c5ccccc5Oc5ccccc53)C3CCC4C3)C([C@@H](C)C=C)=C2)c2ccccc2Oc2ccccc21. The van der Waals surface area contributed by atoms with E-state index in [2.05, 4.69) is 376 Å². The van der Waals surface area contributed by atoms with Gasteiger partial charge in [0.1, 0.15) is 40.6 Å². The molecule has 7 aliphatic carbocycles. The van der Waals surface area contributed by atoms with Gasteiger partial charge in [0.05, 0.1) is 50.2 Å². The van der Waals surface area contributed by atoms with Crippen LogP contribution in [0.5, 0.6) is 34.5 Å². The van der Waals surface area contributed by atoms with Gasteiger partial charge in [0, 0.05) is 62.0 Å². The molecular formula is C113H86N4O3. The van der Waals surface area contributed by atoms with E-state index in [1.165, 1.54) is 16.7 Å². The van der Waals surface area contributed by atoms with Gasteiger partial charge in [-0.15, -0.1) is 13.2 Å². The number of nitrogens with one attached hydrogen (secondary N) is 2. The maximum Gasteiger partial charge on any atom is 0.132 e. The molecule has 0 amide bonds. The Morgan fingerprint density at radius 1 is 0.500 bits per heavy atom. The highest BCUT2D eigenvalue weighted by Gasteiger charge is 2.73. The van der Waals surface area contributed by atoms with E-state index in [0.717, 1.165) is 214 Å². The van der Waals surface area contributed by atoms with Gasteiger partial charge in [0.2, 0.25) is 0 Å². The first-order valence-electron chi connectivity index (χ1n) is 42.9. The zero-order chi connectivity index (χ0) is 79.7. The Morgan fingerprint density at radius 3 is 1.50 bits per heavy atom. The van der Waals surface area contributed by atoms with Crippen LogP contribution in [0.3, 0.4) is 0 Å². The Kier molecular flexibility index (Phi) is 15.7. The molecule has 24 rings (SSSR count). The van der Waals surface area contributed by atoms with Crippen molar-refractivity contribution in [2.24, 2.45) is 29.1 Å². The molecule has 120 heavy (non-hydrogen) atoms. The highest BCUT2D eigenvalue weighted by molar-refractivity contribution is 6.05. The van der Waals surface area contributed by atoms with E-state index < -0.39 is 16.2 Å². The Balaban J connectivity index is 0.857. The lowest BCUT2D eigenvalue weighted by Crippen LogP contribution is -2.46. The molecule has 7 atom stereocenters. The molecule has 2 N–H and O–H groups in total. The molecule has 4 heterocycles. The van der Waals surface area contributed by atoms with Crippen molar-refractivity contribution in [3.8, 4) is 73.9 Å². The lowest BCUT2D eigenvalue weighted by molar-refractivity contribution is 0.260. The Morgan fingerprint density at radius 2 is 0.992 bits per heavy atom. The number of nitriles is 1. The Labute approximate surface area is 701 Å². The van der Waals surface area contributed by atoms with Crippen molar-refractivity contribution in [3.05, 3.63) is 454 Å². The monoisotopic (exact) mass is 1550 g/mol. The van der Waals surface area contributed by atoms with E-state index in [1.807, 2.05) is 0 Å². The summed E-state index contributed by atoms with van der Waals surface area (Å²) < 4.78 is 21.7. The maximum absolute atomic E-state index is 13.3. The second-order valence-electron chi connectivity index (χ2n) is 34.7. The van der Waals surface area contributed by atoms with Crippen LogP contribution in [0.1, 0.15) is 130 Å². The van der Waals surface area contributed by atoms with E-state index in [9.17, 15) is 5.26 Å². The number of allylic oxidation sites excluding steroid dienone is 13. The van der Waals surface area contributed by atoms with Crippen LogP contribution >= 0.6 is 0 Å². The number of para-hydroxylation sites is 6. The van der Waals surface area contributed by atoms with Gasteiger partial charge in [-0.3, -0.25) is 0 Å². The molecule has 0 aromatic heterocycles. The molecule has 4 unspecified atom stereocenters. The minimum Gasteiger partial charge on any atom is -0.457 e. The van der Waals surface area contributed by atoms with Crippen molar-refractivity contribution in [1.29, 1.82) is 5.26 Å². The molecule has 7 nitrogen and oxygen atoms in total. The quantitative estimate of drug-likeness (QED) is 0.0880. The van der Waals surface area contributed by atoms with Crippen LogP contribution in [0.2, 0.25) is 0 Å². The van der Waals surface area contributed by atoms with Crippen LogP contribution in [0.4, 0.5) is 34.1 Å². The summed E-state index contributed by atoms with van der Waals surface area (Å²) in [5, 5.41) is 22.6. The van der Waals surface area contributed by atoms with E-state index in [1.54, 1.807) is 0 Å². The molecule has 2 saturated carbocycles. The molecule has 13 aromatic rings. The summed E-state index contributed by atoms with van der Waals surface area (Å²) in [4.78, 5) is 2.67. The summed E-state index contributed by atoms with van der Waals surface area (Å²) in [6.07, 6.45) is 27.6. The van der Waals surface area contributed by atoms with Crippen LogP contribution < -0.4 is 29.7 Å². The number of fused-ring (bicyclic) bond motifs is 18. The smallest absolute Gasteiger partial charge is 0.132 e. The Hall–Kier alpha value is -13.9. The molecule has 13 aromatic carbocycles. The molecule has 2 bridgehead atoms. The average Bonchev–Trinajstić information content (AvgIpc) is 1.46. The predicted molar refractivity (Wildman–Crippen MR) is 484 cm³/mol. The highest BCUT2D eigenvalue weighted by atomic mass is 16.5. The number of ether oxygens (including phenoxy) is 3. The van der Waals surface area contributed by atoms with E-state index in [-0.39, 0.29) is 40.9 Å². The van der Waals surface area contributed by atoms with Gasteiger partial charge < -0.3 is 29.7 Å². The average molecular weight is 1550 g/mol. The summed E-state index contributed by atoms with van der Waals surface area (Å²) in [7, 11) is 0. The second kappa shape index (κ2) is 26.8. The van der Waals surface area contributed by atoms with Crippen LogP contribution in [0.15, 0.2) is 387 Å². The van der Waals surface area contributed by atoms with Crippen LogP contribution in [-0.2, 0) is 16.2 Å². The number of hydrogen-bond acceptors (Lipinski definition) is 7. The van der Waals surface area contributed by atoms with Crippen molar-refractivity contribution in [2.45, 2.75) is 80.0 Å². The lowest BCUT2D eigenvalue weighted by Gasteiger charge is -2.51. The number of rotatable bonds is 17. The third-order valence-electron chi connectivity index (χ3n) is 29.2. The van der Waals surface area contributed by atoms with Gasteiger partial charge in [-0.2, -0.15) is 5.26 Å². The van der Waals surface area contributed by atoms with E-state index in [4.69, 9.17) is 26.1 Å². The van der Waals surface area contributed by atoms with Gasteiger partial charge in [0.15, 0.2) is 0 Å². The largest absolute Gasteiger partial charge is 0.457 e. The van der Waals surface area contributed by atoms with Crippen LogP contribution in [0, 0.1) is 40.4 Å². The van der Waals surface area contributed by atoms with Gasteiger partial charge in [0.25, 0.3) is 0 Å². The first-order valence-corrected chi connectivity index (χ1v) is 42.9. The zero-order valence-electron chi connectivity index (χ0n) is 66.9.